The average Bonchev–Trinajstić information content (AvgIpc) is 3.20. The molecule has 1 aliphatic carbocycles. The van der Waals surface area contributed by atoms with Gasteiger partial charge in [-0.05, 0) is 47.3 Å². The molecule has 1 saturated carbocycles. The second kappa shape index (κ2) is 5.21. The Kier molecular flexibility index (Phi) is 3.42. The fourth-order valence-corrected chi connectivity index (χ4v) is 3.00. The van der Waals surface area contributed by atoms with Crippen LogP contribution in [-0.4, -0.2) is 0 Å². The van der Waals surface area contributed by atoms with Crippen molar-refractivity contribution >= 4 is 0 Å². The predicted molar refractivity (Wildman–Crippen MR) is 81.5 cm³/mol. The van der Waals surface area contributed by atoms with E-state index in [2.05, 4.69) is 68.4 Å². The minimum atomic E-state index is 0.740. The molecule has 98 valence electrons. The highest BCUT2D eigenvalue weighted by Gasteiger charge is 2.39. The summed E-state index contributed by atoms with van der Waals surface area (Å²) in [6, 6.07) is 20.2. The Morgan fingerprint density at radius 3 is 2.00 bits per heavy atom. The molecule has 2 aromatic rings. The van der Waals surface area contributed by atoms with Gasteiger partial charge in [0.2, 0.25) is 0 Å². The molecule has 0 amide bonds. The first kappa shape index (κ1) is 12.5. The van der Waals surface area contributed by atoms with Crippen LogP contribution in [0.3, 0.4) is 0 Å². The van der Waals surface area contributed by atoms with Crippen LogP contribution >= 0.6 is 0 Å². The summed E-state index contributed by atoms with van der Waals surface area (Å²) in [6.07, 6.45) is 2.50. The van der Waals surface area contributed by atoms with Crippen molar-refractivity contribution in [1.82, 2.24) is 0 Å². The Labute approximate surface area is 116 Å². The summed E-state index contributed by atoms with van der Waals surface area (Å²) < 4.78 is 0. The van der Waals surface area contributed by atoms with E-state index >= 15 is 0 Å². The molecule has 0 bridgehead atoms. The van der Waals surface area contributed by atoms with Crippen molar-refractivity contribution in [2.75, 3.05) is 0 Å². The summed E-state index contributed by atoms with van der Waals surface area (Å²) in [5, 5.41) is 0. The second-order valence-electron chi connectivity index (χ2n) is 6.20. The number of benzene rings is 2. The topological polar surface area (TPSA) is 0 Å². The number of hydrogen-bond acceptors (Lipinski definition) is 0. The van der Waals surface area contributed by atoms with Gasteiger partial charge < -0.3 is 0 Å². The van der Waals surface area contributed by atoms with Crippen molar-refractivity contribution in [1.29, 1.82) is 0 Å². The zero-order valence-corrected chi connectivity index (χ0v) is 11.8. The fraction of sp³-hybridized carbons (Fsp3) is 0.368. The Morgan fingerprint density at radius 2 is 1.42 bits per heavy atom. The van der Waals surface area contributed by atoms with Crippen molar-refractivity contribution in [3.63, 3.8) is 0 Å². The van der Waals surface area contributed by atoms with E-state index in [1.54, 1.807) is 0 Å². The van der Waals surface area contributed by atoms with Crippen LogP contribution < -0.4 is 0 Å². The Bertz CT molecular complexity index is 522. The van der Waals surface area contributed by atoms with Gasteiger partial charge in [0.15, 0.2) is 0 Å². The van der Waals surface area contributed by atoms with Crippen molar-refractivity contribution < 1.29 is 0 Å². The highest BCUT2D eigenvalue weighted by atomic mass is 14.4. The first-order valence-electron chi connectivity index (χ1n) is 7.38. The van der Waals surface area contributed by atoms with Gasteiger partial charge in [0.25, 0.3) is 0 Å². The van der Waals surface area contributed by atoms with Crippen molar-refractivity contribution in [2.45, 2.75) is 38.5 Å². The molecule has 0 N–H and O–H groups in total. The van der Waals surface area contributed by atoms with E-state index < -0.39 is 0 Å². The quantitative estimate of drug-likeness (QED) is 0.703. The van der Waals surface area contributed by atoms with E-state index in [1.807, 2.05) is 0 Å². The third-order valence-electron chi connectivity index (χ3n) is 4.07. The molecular weight excluding hydrogens is 228 g/mol. The van der Waals surface area contributed by atoms with E-state index in [9.17, 15) is 0 Å². The van der Waals surface area contributed by atoms with E-state index in [1.165, 1.54) is 29.5 Å². The minimum Gasteiger partial charge on any atom is -0.0625 e. The Hall–Kier alpha value is -1.56. The minimum absolute atomic E-state index is 0.740. The predicted octanol–water partition coefficient (Wildman–Crippen LogP) is 5.16. The second-order valence-corrected chi connectivity index (χ2v) is 6.20. The smallest absolute Gasteiger partial charge is 0.00868 e. The third kappa shape index (κ3) is 2.89. The van der Waals surface area contributed by atoms with E-state index in [-0.39, 0.29) is 0 Å². The lowest BCUT2D eigenvalue weighted by molar-refractivity contribution is 0.647. The maximum absolute atomic E-state index is 2.34. The highest BCUT2D eigenvalue weighted by molar-refractivity contribution is 5.37. The molecule has 19 heavy (non-hydrogen) atoms. The van der Waals surface area contributed by atoms with Gasteiger partial charge in [0.05, 0.1) is 0 Å². The monoisotopic (exact) mass is 250 g/mol. The van der Waals surface area contributed by atoms with Crippen molar-refractivity contribution in [3.8, 4) is 0 Å². The normalized spacial score (nSPS) is 21.6. The Balaban J connectivity index is 1.68. The van der Waals surface area contributed by atoms with Crippen LogP contribution in [0.25, 0.3) is 0 Å². The van der Waals surface area contributed by atoms with Gasteiger partial charge in [0.1, 0.15) is 0 Å². The molecule has 3 rings (SSSR count). The lowest BCUT2D eigenvalue weighted by atomic mass is 9.99. The molecule has 2 aromatic carbocycles. The zero-order chi connectivity index (χ0) is 13.2. The van der Waals surface area contributed by atoms with Gasteiger partial charge in [-0.3, -0.25) is 0 Å². The number of rotatable bonds is 4. The molecule has 1 aliphatic rings. The largest absolute Gasteiger partial charge is 0.0625 e. The summed E-state index contributed by atoms with van der Waals surface area (Å²) in [5.74, 6) is 2.23. The Morgan fingerprint density at radius 1 is 0.842 bits per heavy atom. The first-order valence-corrected chi connectivity index (χ1v) is 7.38. The zero-order valence-electron chi connectivity index (χ0n) is 11.8. The molecule has 1 fully saturated rings. The molecule has 0 spiro atoms. The summed E-state index contributed by atoms with van der Waals surface area (Å²) in [4.78, 5) is 0. The summed E-state index contributed by atoms with van der Waals surface area (Å²) in [6.45, 7) is 4.56. The molecule has 0 aliphatic heterocycles. The maximum atomic E-state index is 2.34. The summed E-state index contributed by atoms with van der Waals surface area (Å²) in [7, 11) is 0. The van der Waals surface area contributed by atoms with Gasteiger partial charge in [-0.1, -0.05) is 68.4 Å². The molecule has 0 nitrogen and oxygen atoms in total. The molecule has 0 radical (unpaired) electrons. The molecular formula is C19H22. The van der Waals surface area contributed by atoms with Crippen LogP contribution in [-0.2, 0) is 6.42 Å². The van der Waals surface area contributed by atoms with Gasteiger partial charge in [0, 0.05) is 0 Å². The van der Waals surface area contributed by atoms with Crippen molar-refractivity contribution in [2.24, 2.45) is 5.92 Å². The van der Waals surface area contributed by atoms with Crippen LogP contribution in [0, 0.1) is 5.92 Å². The summed E-state index contributed by atoms with van der Waals surface area (Å²) >= 11 is 0. The summed E-state index contributed by atoms with van der Waals surface area (Å²) in [5.41, 5.74) is 4.48. The van der Waals surface area contributed by atoms with E-state index in [0.717, 1.165) is 17.8 Å². The van der Waals surface area contributed by atoms with E-state index in [0.29, 0.717) is 0 Å². The standard InChI is InChI=1S/C19H22/c1-14(2)12-15-8-10-17(11-9-15)19-13-18(19)16-6-4-3-5-7-16/h3-11,14,18-19H,12-13H2,1-2H3. The van der Waals surface area contributed by atoms with Crippen LogP contribution in [0.1, 0.15) is 48.8 Å². The van der Waals surface area contributed by atoms with E-state index in [4.69, 9.17) is 0 Å². The highest BCUT2D eigenvalue weighted by Crippen LogP contribution is 2.54. The fourth-order valence-electron chi connectivity index (χ4n) is 3.00. The molecule has 2 atom stereocenters. The maximum Gasteiger partial charge on any atom is -0.00868 e. The van der Waals surface area contributed by atoms with Crippen LogP contribution in [0.5, 0.6) is 0 Å². The van der Waals surface area contributed by atoms with Crippen LogP contribution in [0.2, 0.25) is 0 Å². The lowest BCUT2D eigenvalue weighted by Crippen LogP contribution is -1.94. The van der Waals surface area contributed by atoms with Crippen molar-refractivity contribution in [3.05, 3.63) is 71.3 Å². The van der Waals surface area contributed by atoms with Gasteiger partial charge in [-0.2, -0.15) is 0 Å². The van der Waals surface area contributed by atoms with Crippen LogP contribution in [0.15, 0.2) is 54.6 Å². The lowest BCUT2D eigenvalue weighted by Gasteiger charge is -2.06. The van der Waals surface area contributed by atoms with Gasteiger partial charge in [-0.15, -0.1) is 0 Å². The molecule has 0 saturated heterocycles. The number of hydrogen-bond donors (Lipinski definition) is 0. The van der Waals surface area contributed by atoms with Crippen LogP contribution in [0.4, 0.5) is 0 Å². The first-order chi connectivity index (χ1) is 9.24. The molecule has 2 unspecified atom stereocenters. The molecule has 0 heteroatoms. The van der Waals surface area contributed by atoms with Gasteiger partial charge in [-0.25, -0.2) is 0 Å². The SMILES string of the molecule is CC(C)Cc1ccc(C2CC2c2ccccc2)cc1. The van der Waals surface area contributed by atoms with Gasteiger partial charge >= 0.3 is 0 Å². The molecule has 0 aromatic heterocycles. The third-order valence-corrected chi connectivity index (χ3v) is 4.07. The average molecular weight is 250 g/mol. The molecule has 0 heterocycles.